The molecule has 0 saturated carbocycles. The Bertz CT molecular complexity index is 605. The predicted molar refractivity (Wildman–Crippen MR) is 76.6 cm³/mol. The van der Waals surface area contributed by atoms with Crippen LogP contribution in [-0.2, 0) is 4.74 Å². The van der Waals surface area contributed by atoms with Crippen molar-refractivity contribution in [1.29, 1.82) is 5.26 Å². The van der Waals surface area contributed by atoms with E-state index in [2.05, 4.69) is 38.8 Å². The summed E-state index contributed by atoms with van der Waals surface area (Å²) in [6.07, 6.45) is 0.188. The zero-order valence-electron chi connectivity index (χ0n) is 11.1. The molecule has 102 valence electrons. The van der Waals surface area contributed by atoms with Crippen LogP contribution in [0.5, 0.6) is 0 Å². The minimum atomic E-state index is 0.0578. The number of aromatic nitrogens is 2. The molecule has 0 aromatic carbocycles. The largest absolute Gasteiger partial charge is 0.367 e. The van der Waals surface area contributed by atoms with Crippen LogP contribution in [0.4, 0.5) is 5.82 Å². The number of nitrogens with zero attached hydrogens (tertiary/aromatic N) is 4. The Balaban J connectivity index is 1.80. The van der Waals surface area contributed by atoms with E-state index in [4.69, 9.17) is 10.00 Å². The van der Waals surface area contributed by atoms with E-state index < -0.39 is 0 Å². The first-order valence-corrected chi connectivity index (χ1v) is 7.37. The summed E-state index contributed by atoms with van der Waals surface area (Å²) in [5.41, 5.74) is 1.54. The van der Waals surface area contributed by atoms with Crippen molar-refractivity contribution in [1.82, 2.24) is 10.2 Å². The van der Waals surface area contributed by atoms with Crippen LogP contribution in [0.3, 0.4) is 0 Å². The molecule has 0 amide bonds. The summed E-state index contributed by atoms with van der Waals surface area (Å²) in [5.74, 6) is 0.791. The van der Waals surface area contributed by atoms with Crippen molar-refractivity contribution >= 4 is 17.2 Å². The quantitative estimate of drug-likeness (QED) is 0.848. The Labute approximate surface area is 121 Å². The molecule has 2 aromatic heterocycles. The zero-order chi connectivity index (χ0) is 13.9. The average molecular weight is 286 g/mol. The number of nitriles is 1. The van der Waals surface area contributed by atoms with E-state index in [0.717, 1.165) is 18.9 Å². The maximum atomic E-state index is 8.76. The molecule has 3 heterocycles. The molecule has 0 bridgehead atoms. The summed E-state index contributed by atoms with van der Waals surface area (Å²) in [6.45, 7) is 3.59. The normalized spacial score (nSPS) is 22.5. The Morgan fingerprint density at radius 1 is 1.35 bits per heavy atom. The van der Waals surface area contributed by atoms with Gasteiger partial charge in [-0.05, 0) is 41.4 Å². The van der Waals surface area contributed by atoms with E-state index in [0.29, 0.717) is 5.69 Å². The van der Waals surface area contributed by atoms with Gasteiger partial charge in [0, 0.05) is 13.1 Å². The molecule has 2 unspecified atom stereocenters. The molecule has 1 aliphatic heterocycles. The number of morpholine rings is 1. The summed E-state index contributed by atoms with van der Waals surface area (Å²) in [5, 5.41) is 21.0. The fraction of sp³-hybridized carbons (Fsp3) is 0.357. The lowest BCUT2D eigenvalue weighted by molar-refractivity contribution is -0.0174. The van der Waals surface area contributed by atoms with Crippen LogP contribution in [-0.4, -0.2) is 29.4 Å². The van der Waals surface area contributed by atoms with Gasteiger partial charge in [0.1, 0.15) is 12.2 Å². The van der Waals surface area contributed by atoms with Crippen LogP contribution in [0.25, 0.3) is 0 Å². The zero-order valence-corrected chi connectivity index (χ0v) is 11.9. The molecule has 1 saturated heterocycles. The SMILES string of the molecule is CC1CN(c2ccc(C#N)nn2)CC(c2ccsc2)O1. The van der Waals surface area contributed by atoms with E-state index in [1.54, 1.807) is 17.4 Å². The second kappa shape index (κ2) is 5.57. The van der Waals surface area contributed by atoms with Gasteiger partial charge in [0.05, 0.1) is 6.10 Å². The molecule has 0 spiro atoms. The van der Waals surface area contributed by atoms with E-state index in [-0.39, 0.29) is 12.2 Å². The third-order valence-corrected chi connectivity index (χ3v) is 3.97. The van der Waals surface area contributed by atoms with Gasteiger partial charge in [0.2, 0.25) is 0 Å². The highest BCUT2D eigenvalue weighted by molar-refractivity contribution is 7.07. The number of ether oxygens (including phenoxy) is 1. The van der Waals surface area contributed by atoms with Gasteiger partial charge >= 0.3 is 0 Å². The second-order valence-electron chi connectivity index (χ2n) is 4.79. The molecule has 2 atom stereocenters. The Morgan fingerprint density at radius 2 is 2.25 bits per heavy atom. The molecule has 0 aliphatic carbocycles. The Morgan fingerprint density at radius 3 is 2.90 bits per heavy atom. The van der Waals surface area contributed by atoms with E-state index >= 15 is 0 Å². The lowest BCUT2D eigenvalue weighted by Gasteiger charge is -2.37. The highest BCUT2D eigenvalue weighted by atomic mass is 32.1. The first kappa shape index (κ1) is 13.0. The molecule has 2 aromatic rings. The van der Waals surface area contributed by atoms with Gasteiger partial charge in [-0.15, -0.1) is 10.2 Å². The van der Waals surface area contributed by atoms with Crippen LogP contribution in [0.2, 0.25) is 0 Å². The smallest absolute Gasteiger partial charge is 0.163 e. The van der Waals surface area contributed by atoms with E-state index in [1.807, 2.05) is 12.1 Å². The maximum absolute atomic E-state index is 8.76. The van der Waals surface area contributed by atoms with Gasteiger partial charge in [0.25, 0.3) is 0 Å². The van der Waals surface area contributed by atoms with E-state index in [1.165, 1.54) is 5.56 Å². The second-order valence-corrected chi connectivity index (χ2v) is 5.57. The number of hydrogen-bond donors (Lipinski definition) is 0. The van der Waals surface area contributed by atoms with Crippen molar-refractivity contribution in [3.8, 4) is 6.07 Å². The van der Waals surface area contributed by atoms with Crippen LogP contribution >= 0.6 is 11.3 Å². The molecule has 0 N–H and O–H groups in total. The monoisotopic (exact) mass is 286 g/mol. The number of rotatable bonds is 2. The maximum Gasteiger partial charge on any atom is 0.163 e. The Kier molecular flexibility index (Phi) is 3.63. The molecular weight excluding hydrogens is 272 g/mol. The van der Waals surface area contributed by atoms with Crippen LogP contribution < -0.4 is 4.90 Å². The number of thiophene rings is 1. The predicted octanol–water partition coefficient (Wildman–Crippen LogP) is 2.38. The van der Waals surface area contributed by atoms with Crippen molar-refractivity contribution in [3.05, 3.63) is 40.2 Å². The van der Waals surface area contributed by atoms with Crippen LogP contribution in [0.1, 0.15) is 24.3 Å². The summed E-state index contributed by atoms with van der Waals surface area (Å²) < 4.78 is 5.99. The molecule has 1 aliphatic rings. The summed E-state index contributed by atoms with van der Waals surface area (Å²) in [7, 11) is 0. The average Bonchev–Trinajstić information content (AvgIpc) is 3.01. The summed E-state index contributed by atoms with van der Waals surface area (Å²) in [4.78, 5) is 2.16. The summed E-state index contributed by atoms with van der Waals surface area (Å²) >= 11 is 1.67. The highest BCUT2D eigenvalue weighted by Gasteiger charge is 2.27. The molecule has 6 heteroatoms. The molecular formula is C14H14N4OS. The fourth-order valence-electron chi connectivity index (χ4n) is 2.33. The Hall–Kier alpha value is -1.97. The van der Waals surface area contributed by atoms with Crippen molar-refractivity contribution in [2.75, 3.05) is 18.0 Å². The van der Waals surface area contributed by atoms with Crippen LogP contribution in [0.15, 0.2) is 29.0 Å². The van der Waals surface area contributed by atoms with Gasteiger partial charge in [-0.2, -0.15) is 16.6 Å². The fourth-order valence-corrected chi connectivity index (χ4v) is 3.04. The van der Waals surface area contributed by atoms with Crippen molar-refractivity contribution in [2.24, 2.45) is 0 Å². The van der Waals surface area contributed by atoms with Crippen molar-refractivity contribution < 1.29 is 4.74 Å². The highest BCUT2D eigenvalue weighted by Crippen LogP contribution is 2.28. The van der Waals surface area contributed by atoms with Gasteiger partial charge in [-0.25, -0.2) is 0 Å². The molecule has 0 radical (unpaired) electrons. The molecule has 3 rings (SSSR count). The topological polar surface area (TPSA) is 62.0 Å². The van der Waals surface area contributed by atoms with Gasteiger partial charge in [0.15, 0.2) is 11.5 Å². The van der Waals surface area contributed by atoms with Crippen LogP contribution in [0, 0.1) is 11.3 Å². The van der Waals surface area contributed by atoms with Gasteiger partial charge in [-0.3, -0.25) is 0 Å². The van der Waals surface area contributed by atoms with Crippen molar-refractivity contribution in [3.63, 3.8) is 0 Å². The standard InChI is InChI=1S/C14H14N4OS/c1-10-7-18(14-3-2-12(6-15)16-17-14)8-13(19-10)11-4-5-20-9-11/h2-5,9-10,13H,7-8H2,1H3. The van der Waals surface area contributed by atoms with Gasteiger partial charge in [-0.1, -0.05) is 0 Å². The summed E-state index contributed by atoms with van der Waals surface area (Å²) in [6, 6.07) is 7.61. The third kappa shape index (κ3) is 2.64. The number of hydrogen-bond acceptors (Lipinski definition) is 6. The van der Waals surface area contributed by atoms with E-state index in [9.17, 15) is 0 Å². The van der Waals surface area contributed by atoms with Gasteiger partial charge < -0.3 is 9.64 Å². The number of anilines is 1. The lowest BCUT2D eigenvalue weighted by atomic mass is 10.1. The lowest BCUT2D eigenvalue weighted by Crippen LogP contribution is -2.43. The van der Waals surface area contributed by atoms with Crippen molar-refractivity contribution in [2.45, 2.75) is 19.1 Å². The molecule has 20 heavy (non-hydrogen) atoms. The molecule has 1 fully saturated rings. The minimum Gasteiger partial charge on any atom is -0.367 e. The minimum absolute atomic E-state index is 0.0578. The first-order valence-electron chi connectivity index (χ1n) is 6.42. The first-order chi connectivity index (χ1) is 9.76. The third-order valence-electron chi connectivity index (χ3n) is 3.26. The molecule has 5 nitrogen and oxygen atoms in total.